The number of rotatable bonds is 4. The molecule has 2 aromatic carbocycles. The molecule has 0 saturated heterocycles. The summed E-state index contributed by atoms with van der Waals surface area (Å²) < 4.78 is 5.83. The normalized spacial score (nSPS) is 11.8. The highest BCUT2D eigenvalue weighted by molar-refractivity contribution is 5.81. The Labute approximate surface area is 119 Å². The van der Waals surface area contributed by atoms with Crippen LogP contribution in [0.1, 0.15) is 6.92 Å². The topological polar surface area (TPSA) is 29.5 Å². The van der Waals surface area contributed by atoms with Gasteiger partial charge in [-0.1, -0.05) is 48.5 Å². The zero-order chi connectivity index (χ0) is 14.5. The number of benzene rings is 2. The number of hydrogen-bond donors (Lipinski definition) is 0. The van der Waals surface area contributed by atoms with Gasteiger partial charge in [-0.2, -0.15) is 0 Å². The van der Waals surface area contributed by atoms with Gasteiger partial charge in [-0.05, 0) is 18.6 Å². The van der Waals surface area contributed by atoms with E-state index in [0.717, 1.165) is 16.9 Å². The summed E-state index contributed by atoms with van der Waals surface area (Å²) in [6.07, 6.45) is -0.505. The summed E-state index contributed by atoms with van der Waals surface area (Å²) in [4.78, 5) is 13.4. The van der Waals surface area contributed by atoms with Gasteiger partial charge in [-0.15, -0.1) is 0 Å². The van der Waals surface area contributed by atoms with Crippen molar-refractivity contribution in [3.8, 4) is 16.9 Å². The van der Waals surface area contributed by atoms with E-state index in [-0.39, 0.29) is 5.91 Å². The van der Waals surface area contributed by atoms with Gasteiger partial charge in [0.1, 0.15) is 5.75 Å². The molecule has 0 unspecified atom stereocenters. The Morgan fingerprint density at radius 2 is 1.60 bits per heavy atom. The summed E-state index contributed by atoms with van der Waals surface area (Å²) in [7, 11) is 3.45. The predicted octanol–water partition coefficient (Wildman–Crippen LogP) is 3.21. The van der Waals surface area contributed by atoms with Gasteiger partial charge in [0.05, 0.1) is 0 Å². The Balaban J connectivity index is 2.28. The summed E-state index contributed by atoms with van der Waals surface area (Å²) in [5.74, 6) is 0.675. The van der Waals surface area contributed by atoms with Crippen LogP contribution in [-0.4, -0.2) is 31.0 Å². The molecule has 0 N–H and O–H groups in total. The van der Waals surface area contributed by atoms with Gasteiger partial charge < -0.3 is 9.64 Å². The summed E-state index contributed by atoms with van der Waals surface area (Å²) in [6.45, 7) is 1.77. The van der Waals surface area contributed by atoms with E-state index in [0.29, 0.717) is 0 Å². The number of ether oxygens (including phenoxy) is 1. The van der Waals surface area contributed by atoms with Crippen LogP contribution in [0, 0.1) is 0 Å². The number of carbonyl (C=O) groups is 1. The van der Waals surface area contributed by atoms with Gasteiger partial charge in [0.15, 0.2) is 6.10 Å². The van der Waals surface area contributed by atoms with Crippen molar-refractivity contribution in [2.24, 2.45) is 0 Å². The summed E-state index contributed by atoms with van der Waals surface area (Å²) in [5, 5.41) is 0. The molecule has 3 heteroatoms. The maximum Gasteiger partial charge on any atom is 0.262 e. The molecular weight excluding hydrogens is 250 g/mol. The van der Waals surface area contributed by atoms with Gasteiger partial charge in [0.25, 0.3) is 5.91 Å². The van der Waals surface area contributed by atoms with Gasteiger partial charge in [0, 0.05) is 19.7 Å². The van der Waals surface area contributed by atoms with Crippen molar-refractivity contribution in [1.29, 1.82) is 0 Å². The van der Waals surface area contributed by atoms with Crippen LogP contribution in [0.5, 0.6) is 5.75 Å². The zero-order valence-electron chi connectivity index (χ0n) is 12.0. The van der Waals surface area contributed by atoms with E-state index in [2.05, 4.69) is 0 Å². The number of para-hydroxylation sites is 1. The SMILES string of the molecule is C[C@H](Oc1ccccc1-c1ccccc1)C(=O)N(C)C. The van der Waals surface area contributed by atoms with Crippen molar-refractivity contribution in [2.75, 3.05) is 14.1 Å². The fourth-order valence-electron chi connectivity index (χ4n) is 2.03. The monoisotopic (exact) mass is 269 g/mol. The first-order valence-electron chi connectivity index (χ1n) is 6.62. The molecule has 0 aliphatic carbocycles. The zero-order valence-corrected chi connectivity index (χ0v) is 12.0. The first-order valence-corrected chi connectivity index (χ1v) is 6.62. The molecule has 1 amide bonds. The highest BCUT2D eigenvalue weighted by atomic mass is 16.5. The lowest BCUT2D eigenvalue weighted by Crippen LogP contribution is -2.35. The van der Waals surface area contributed by atoms with Crippen molar-refractivity contribution in [3.63, 3.8) is 0 Å². The molecule has 2 aromatic rings. The van der Waals surface area contributed by atoms with Crippen molar-refractivity contribution >= 4 is 5.91 Å². The Kier molecular flexibility index (Phi) is 4.41. The highest BCUT2D eigenvalue weighted by Gasteiger charge is 2.18. The van der Waals surface area contributed by atoms with E-state index in [9.17, 15) is 4.79 Å². The Morgan fingerprint density at radius 1 is 1.00 bits per heavy atom. The molecule has 104 valence electrons. The van der Waals surface area contributed by atoms with E-state index >= 15 is 0 Å². The lowest BCUT2D eigenvalue weighted by atomic mass is 10.0. The minimum Gasteiger partial charge on any atom is -0.480 e. The van der Waals surface area contributed by atoms with Crippen LogP contribution in [-0.2, 0) is 4.79 Å². The smallest absolute Gasteiger partial charge is 0.262 e. The molecule has 0 aromatic heterocycles. The second-order valence-corrected chi connectivity index (χ2v) is 4.85. The molecule has 0 spiro atoms. The quantitative estimate of drug-likeness (QED) is 0.853. The molecule has 0 aliphatic heterocycles. The molecular formula is C17H19NO2. The van der Waals surface area contributed by atoms with E-state index in [1.54, 1.807) is 21.0 Å². The van der Waals surface area contributed by atoms with Gasteiger partial charge >= 0.3 is 0 Å². The fraction of sp³-hybridized carbons (Fsp3) is 0.235. The second kappa shape index (κ2) is 6.24. The molecule has 1 atom stereocenters. The Bertz CT molecular complexity index is 579. The standard InChI is InChI=1S/C17H19NO2/c1-13(17(19)18(2)3)20-16-12-8-7-11-15(16)14-9-5-4-6-10-14/h4-13H,1-3H3/t13-/m0/s1. The molecule has 2 rings (SSSR count). The summed E-state index contributed by atoms with van der Waals surface area (Å²) in [5.41, 5.74) is 2.07. The van der Waals surface area contributed by atoms with Crippen LogP contribution in [0.3, 0.4) is 0 Å². The van der Waals surface area contributed by atoms with E-state index in [4.69, 9.17) is 4.74 Å². The molecule has 0 bridgehead atoms. The molecule has 0 saturated carbocycles. The van der Waals surface area contributed by atoms with Crippen LogP contribution in [0.2, 0.25) is 0 Å². The predicted molar refractivity (Wildman–Crippen MR) is 80.7 cm³/mol. The lowest BCUT2D eigenvalue weighted by molar-refractivity contribution is -0.135. The number of likely N-dealkylation sites (N-methyl/N-ethyl adjacent to an activating group) is 1. The van der Waals surface area contributed by atoms with Crippen LogP contribution < -0.4 is 4.74 Å². The van der Waals surface area contributed by atoms with E-state index in [1.165, 1.54) is 4.90 Å². The molecule has 0 radical (unpaired) electrons. The first-order chi connectivity index (χ1) is 9.59. The number of nitrogens with zero attached hydrogens (tertiary/aromatic N) is 1. The van der Waals surface area contributed by atoms with Crippen molar-refractivity contribution in [2.45, 2.75) is 13.0 Å². The van der Waals surface area contributed by atoms with E-state index < -0.39 is 6.10 Å². The summed E-state index contributed by atoms with van der Waals surface area (Å²) >= 11 is 0. The van der Waals surface area contributed by atoms with Crippen LogP contribution in [0.25, 0.3) is 11.1 Å². The molecule has 0 fully saturated rings. The van der Waals surface area contributed by atoms with Crippen molar-refractivity contribution in [3.05, 3.63) is 54.6 Å². The minimum absolute atomic E-state index is 0.0483. The summed E-state index contributed by atoms with van der Waals surface area (Å²) in [6, 6.07) is 17.8. The van der Waals surface area contributed by atoms with Crippen molar-refractivity contribution in [1.82, 2.24) is 4.90 Å². The van der Waals surface area contributed by atoms with Crippen LogP contribution >= 0.6 is 0 Å². The lowest BCUT2D eigenvalue weighted by Gasteiger charge is -2.20. The van der Waals surface area contributed by atoms with Gasteiger partial charge in [-0.25, -0.2) is 0 Å². The molecule has 3 nitrogen and oxygen atoms in total. The number of amides is 1. The first kappa shape index (κ1) is 14.1. The number of carbonyl (C=O) groups excluding carboxylic acids is 1. The molecule has 0 heterocycles. The minimum atomic E-state index is -0.505. The number of hydrogen-bond acceptors (Lipinski definition) is 2. The average molecular weight is 269 g/mol. The van der Waals surface area contributed by atoms with Gasteiger partial charge in [-0.3, -0.25) is 4.79 Å². The maximum atomic E-state index is 11.9. The maximum absolute atomic E-state index is 11.9. The van der Waals surface area contributed by atoms with Crippen LogP contribution in [0.4, 0.5) is 0 Å². The highest BCUT2D eigenvalue weighted by Crippen LogP contribution is 2.30. The fourth-order valence-corrected chi connectivity index (χ4v) is 2.03. The van der Waals surface area contributed by atoms with E-state index in [1.807, 2.05) is 54.6 Å². The van der Waals surface area contributed by atoms with Crippen molar-refractivity contribution < 1.29 is 9.53 Å². The molecule has 0 aliphatic rings. The van der Waals surface area contributed by atoms with Crippen LogP contribution in [0.15, 0.2) is 54.6 Å². The third kappa shape index (κ3) is 3.18. The largest absolute Gasteiger partial charge is 0.480 e. The molecule has 20 heavy (non-hydrogen) atoms. The third-order valence-corrected chi connectivity index (χ3v) is 3.06. The Morgan fingerprint density at radius 3 is 2.25 bits per heavy atom. The van der Waals surface area contributed by atoms with Gasteiger partial charge in [0.2, 0.25) is 0 Å². The third-order valence-electron chi connectivity index (χ3n) is 3.06. The Hall–Kier alpha value is -2.29. The average Bonchev–Trinajstić information content (AvgIpc) is 2.47. The second-order valence-electron chi connectivity index (χ2n) is 4.85.